The molecule has 1 aliphatic rings. The number of hydrogen-bond acceptors (Lipinski definition) is 12. The summed E-state index contributed by atoms with van der Waals surface area (Å²) in [6, 6.07) is 0. The molecule has 5 unspecified atom stereocenters. The van der Waals surface area contributed by atoms with Gasteiger partial charge in [0.1, 0.15) is 36.6 Å². The summed E-state index contributed by atoms with van der Waals surface area (Å²) in [4.78, 5) is 14.1. The predicted octanol–water partition coefficient (Wildman–Crippen LogP) is -5.85. The molecule has 1 aliphatic heterocycles. The van der Waals surface area contributed by atoms with Crippen LogP contribution in [0.15, 0.2) is 0 Å². The molecule has 0 aromatic carbocycles. The fourth-order valence-corrected chi connectivity index (χ4v) is 2.78. The van der Waals surface area contributed by atoms with Crippen LogP contribution in [0.4, 0.5) is 0 Å². The van der Waals surface area contributed by atoms with Gasteiger partial charge in [-0.25, -0.2) is 0 Å². The second-order valence-electron chi connectivity index (χ2n) is 7.23. The SMILES string of the molecule is CNCCN(C)CCNC(=O)C(O)C(O)C(O[C@@H]1OC[C@H](O)[C@H](O)C1O)C(O)CO. The molecule has 0 saturated carbocycles. The topological polar surface area (TPSA) is 204 Å². The number of hydrogen-bond donors (Lipinski definition) is 9. The van der Waals surface area contributed by atoms with Gasteiger partial charge in [-0.15, -0.1) is 0 Å². The molecule has 8 atom stereocenters. The van der Waals surface area contributed by atoms with E-state index in [0.29, 0.717) is 6.54 Å². The maximum atomic E-state index is 12.1. The molecule has 1 saturated heterocycles. The van der Waals surface area contributed by atoms with Crippen molar-refractivity contribution in [2.45, 2.75) is 49.0 Å². The first-order valence-corrected chi connectivity index (χ1v) is 9.71. The molecule has 0 spiro atoms. The van der Waals surface area contributed by atoms with Gasteiger partial charge < -0.3 is 60.8 Å². The standard InChI is InChI=1S/C17H35N3O10/c1-18-3-5-20(2)6-4-19-16(28)13(26)12(25)15(9(22)7-21)30-17-14(27)11(24)10(23)8-29-17/h9-15,17-18,21-27H,3-8H2,1-2H3,(H,19,28)/t9?,10-,11-,12?,13?,14?,15?,17-/m0/s1. The van der Waals surface area contributed by atoms with E-state index in [1.165, 1.54) is 0 Å². The zero-order valence-corrected chi connectivity index (χ0v) is 17.2. The first-order chi connectivity index (χ1) is 14.1. The third-order valence-corrected chi connectivity index (χ3v) is 4.78. The van der Waals surface area contributed by atoms with Crippen LogP contribution in [0.25, 0.3) is 0 Å². The molecule has 0 aliphatic carbocycles. The van der Waals surface area contributed by atoms with E-state index in [2.05, 4.69) is 10.6 Å². The quantitative estimate of drug-likeness (QED) is 0.131. The van der Waals surface area contributed by atoms with Gasteiger partial charge in [0.2, 0.25) is 0 Å². The average molecular weight is 441 g/mol. The Hall–Kier alpha value is -0.970. The molecule has 13 heteroatoms. The lowest BCUT2D eigenvalue weighted by atomic mass is 10.0. The highest BCUT2D eigenvalue weighted by atomic mass is 16.7. The van der Waals surface area contributed by atoms with Crippen LogP contribution in [-0.4, -0.2) is 149 Å². The van der Waals surface area contributed by atoms with Crippen LogP contribution in [0.2, 0.25) is 0 Å². The third-order valence-electron chi connectivity index (χ3n) is 4.78. The lowest BCUT2D eigenvalue weighted by Gasteiger charge is -2.39. The Bertz CT molecular complexity index is 502. The van der Waals surface area contributed by atoms with Crippen LogP contribution in [0.3, 0.4) is 0 Å². The molecule has 1 heterocycles. The van der Waals surface area contributed by atoms with Gasteiger partial charge in [-0.2, -0.15) is 0 Å². The fourth-order valence-electron chi connectivity index (χ4n) is 2.78. The number of ether oxygens (including phenoxy) is 2. The highest BCUT2D eigenvalue weighted by Gasteiger charge is 2.43. The van der Waals surface area contributed by atoms with Crippen molar-refractivity contribution in [1.82, 2.24) is 15.5 Å². The lowest BCUT2D eigenvalue weighted by molar-refractivity contribution is -0.302. The molecule has 0 aromatic heterocycles. The minimum absolute atomic E-state index is 0.186. The largest absolute Gasteiger partial charge is 0.394 e. The second-order valence-corrected chi connectivity index (χ2v) is 7.23. The Morgan fingerprint density at radius 1 is 1.17 bits per heavy atom. The zero-order chi connectivity index (χ0) is 22.8. The molecular weight excluding hydrogens is 406 g/mol. The Kier molecular flexibility index (Phi) is 12.1. The van der Waals surface area contributed by atoms with Crippen molar-refractivity contribution in [1.29, 1.82) is 0 Å². The first-order valence-electron chi connectivity index (χ1n) is 9.71. The van der Waals surface area contributed by atoms with Gasteiger partial charge in [0, 0.05) is 26.2 Å². The Labute approximate surface area is 174 Å². The summed E-state index contributed by atoms with van der Waals surface area (Å²) in [6.07, 6.45) is -13.8. The van der Waals surface area contributed by atoms with E-state index in [0.717, 1.165) is 13.1 Å². The van der Waals surface area contributed by atoms with Crippen LogP contribution in [0.1, 0.15) is 0 Å². The normalized spacial score (nSPS) is 28.7. The van der Waals surface area contributed by atoms with Crippen molar-refractivity contribution in [2.24, 2.45) is 0 Å². The molecular formula is C17H35N3O10. The van der Waals surface area contributed by atoms with Gasteiger partial charge in [0.05, 0.1) is 13.2 Å². The van der Waals surface area contributed by atoms with Gasteiger partial charge in [0.25, 0.3) is 5.91 Å². The zero-order valence-electron chi connectivity index (χ0n) is 17.2. The lowest BCUT2D eigenvalue weighted by Crippen LogP contribution is -2.59. The first kappa shape index (κ1) is 27.1. The van der Waals surface area contributed by atoms with Gasteiger partial charge >= 0.3 is 0 Å². The van der Waals surface area contributed by atoms with Crippen molar-refractivity contribution in [3.8, 4) is 0 Å². The van der Waals surface area contributed by atoms with Crippen molar-refractivity contribution in [3.63, 3.8) is 0 Å². The van der Waals surface area contributed by atoms with E-state index in [1.807, 2.05) is 19.0 Å². The molecule has 0 aromatic rings. The maximum absolute atomic E-state index is 12.1. The summed E-state index contributed by atoms with van der Waals surface area (Å²) in [5, 5.41) is 74.2. The average Bonchev–Trinajstić information content (AvgIpc) is 2.73. The number of carbonyl (C=O) groups is 1. The molecule has 9 N–H and O–H groups in total. The van der Waals surface area contributed by atoms with E-state index in [4.69, 9.17) is 9.47 Å². The van der Waals surface area contributed by atoms with Crippen LogP contribution < -0.4 is 10.6 Å². The second kappa shape index (κ2) is 13.4. The van der Waals surface area contributed by atoms with Crippen LogP contribution >= 0.6 is 0 Å². The summed E-state index contributed by atoms with van der Waals surface area (Å²) < 4.78 is 10.3. The minimum atomic E-state index is -2.02. The van der Waals surface area contributed by atoms with E-state index in [9.17, 15) is 40.5 Å². The third kappa shape index (κ3) is 7.94. The number of nitrogens with zero attached hydrogens (tertiary/aromatic N) is 1. The molecule has 178 valence electrons. The van der Waals surface area contributed by atoms with E-state index in [1.54, 1.807) is 0 Å². The number of aliphatic hydroxyl groups is 7. The minimum Gasteiger partial charge on any atom is -0.394 e. The van der Waals surface area contributed by atoms with Crippen molar-refractivity contribution >= 4 is 5.91 Å². The highest BCUT2D eigenvalue weighted by Crippen LogP contribution is 2.21. The molecule has 0 bridgehead atoms. The molecule has 0 radical (unpaired) electrons. The Balaban J connectivity index is 2.66. The summed E-state index contributed by atoms with van der Waals surface area (Å²) in [5.74, 6) is -0.927. The summed E-state index contributed by atoms with van der Waals surface area (Å²) in [5.41, 5.74) is 0. The molecule has 1 amide bonds. The van der Waals surface area contributed by atoms with Crippen molar-refractivity contribution in [3.05, 3.63) is 0 Å². The van der Waals surface area contributed by atoms with Gasteiger partial charge in [-0.1, -0.05) is 0 Å². The Morgan fingerprint density at radius 3 is 2.40 bits per heavy atom. The molecule has 1 fully saturated rings. The van der Waals surface area contributed by atoms with E-state index in [-0.39, 0.29) is 6.54 Å². The maximum Gasteiger partial charge on any atom is 0.251 e. The van der Waals surface area contributed by atoms with Crippen molar-refractivity contribution in [2.75, 3.05) is 53.5 Å². The summed E-state index contributed by atoms with van der Waals surface area (Å²) in [6.45, 7) is 0.875. The monoisotopic (exact) mass is 441 g/mol. The summed E-state index contributed by atoms with van der Waals surface area (Å²) >= 11 is 0. The van der Waals surface area contributed by atoms with Crippen LogP contribution in [-0.2, 0) is 14.3 Å². The number of rotatable bonds is 13. The van der Waals surface area contributed by atoms with Gasteiger partial charge in [-0.05, 0) is 14.1 Å². The smallest absolute Gasteiger partial charge is 0.251 e. The van der Waals surface area contributed by atoms with E-state index >= 15 is 0 Å². The van der Waals surface area contributed by atoms with Crippen LogP contribution in [0, 0.1) is 0 Å². The van der Waals surface area contributed by atoms with Crippen LogP contribution in [0.5, 0.6) is 0 Å². The molecule has 1 rings (SSSR count). The molecule has 13 nitrogen and oxygen atoms in total. The number of nitrogens with one attached hydrogen (secondary N) is 2. The Morgan fingerprint density at radius 2 is 1.80 bits per heavy atom. The predicted molar refractivity (Wildman–Crippen MR) is 102 cm³/mol. The van der Waals surface area contributed by atoms with Gasteiger partial charge in [-0.3, -0.25) is 4.79 Å². The summed E-state index contributed by atoms with van der Waals surface area (Å²) in [7, 11) is 3.66. The fraction of sp³-hybridized carbons (Fsp3) is 0.941. The number of aliphatic hydroxyl groups excluding tert-OH is 7. The van der Waals surface area contributed by atoms with E-state index < -0.39 is 68.1 Å². The van der Waals surface area contributed by atoms with Gasteiger partial charge in [0.15, 0.2) is 12.4 Å². The highest BCUT2D eigenvalue weighted by molar-refractivity contribution is 5.81. The van der Waals surface area contributed by atoms with Crippen molar-refractivity contribution < 1.29 is 50.0 Å². The molecule has 30 heavy (non-hydrogen) atoms. The number of carbonyl (C=O) groups excluding carboxylic acids is 1. The number of likely N-dealkylation sites (N-methyl/N-ethyl adjacent to an activating group) is 2. The number of amides is 1.